The SMILES string of the molecule is Cc1ccc(NC(=O)CSC(C)C(=O)NC(C)c2cc(F)c(Cl)cc2Cl)cc1. The van der Waals surface area contributed by atoms with E-state index in [2.05, 4.69) is 10.6 Å². The summed E-state index contributed by atoms with van der Waals surface area (Å²) in [6, 6.07) is 9.48. The minimum absolute atomic E-state index is 0.0733. The molecule has 0 spiro atoms. The Morgan fingerprint density at radius 3 is 2.39 bits per heavy atom. The first-order valence-corrected chi connectivity index (χ1v) is 10.4. The fourth-order valence-corrected chi connectivity index (χ4v) is 3.63. The Morgan fingerprint density at radius 1 is 1.11 bits per heavy atom. The predicted octanol–water partition coefficient (Wildman–Crippen LogP) is 5.38. The van der Waals surface area contributed by atoms with Crippen LogP contribution in [0, 0.1) is 12.7 Å². The lowest BCUT2D eigenvalue weighted by Crippen LogP contribution is -2.34. The van der Waals surface area contributed by atoms with Crippen LogP contribution in [0.5, 0.6) is 0 Å². The maximum absolute atomic E-state index is 13.7. The Kier molecular flexibility index (Phi) is 8.16. The molecule has 2 unspecified atom stereocenters. The van der Waals surface area contributed by atoms with E-state index in [9.17, 15) is 14.0 Å². The zero-order valence-corrected chi connectivity index (χ0v) is 18.0. The quantitative estimate of drug-likeness (QED) is 0.565. The van der Waals surface area contributed by atoms with Gasteiger partial charge in [-0.05, 0) is 50.6 Å². The van der Waals surface area contributed by atoms with Crippen molar-refractivity contribution < 1.29 is 14.0 Å². The van der Waals surface area contributed by atoms with Crippen LogP contribution in [0.15, 0.2) is 36.4 Å². The lowest BCUT2D eigenvalue weighted by molar-refractivity contribution is -0.120. The number of amides is 2. The van der Waals surface area contributed by atoms with Gasteiger partial charge in [0.2, 0.25) is 11.8 Å². The highest BCUT2D eigenvalue weighted by molar-refractivity contribution is 8.01. The molecule has 0 fully saturated rings. The van der Waals surface area contributed by atoms with E-state index in [1.807, 2.05) is 31.2 Å². The van der Waals surface area contributed by atoms with E-state index in [1.165, 1.54) is 23.9 Å². The van der Waals surface area contributed by atoms with Crippen molar-refractivity contribution >= 4 is 52.5 Å². The van der Waals surface area contributed by atoms with Crippen LogP contribution in [-0.4, -0.2) is 22.8 Å². The highest BCUT2D eigenvalue weighted by Gasteiger charge is 2.20. The molecule has 4 nitrogen and oxygen atoms in total. The normalized spacial score (nSPS) is 12.9. The topological polar surface area (TPSA) is 58.2 Å². The van der Waals surface area contributed by atoms with Gasteiger partial charge < -0.3 is 10.6 Å². The summed E-state index contributed by atoms with van der Waals surface area (Å²) in [5, 5.41) is 5.29. The largest absolute Gasteiger partial charge is 0.349 e. The fraction of sp³-hybridized carbons (Fsp3) is 0.300. The van der Waals surface area contributed by atoms with Crippen molar-refractivity contribution in [2.24, 2.45) is 0 Å². The van der Waals surface area contributed by atoms with Crippen molar-refractivity contribution in [3.63, 3.8) is 0 Å². The van der Waals surface area contributed by atoms with Crippen LogP contribution in [0.3, 0.4) is 0 Å². The molecule has 2 aromatic rings. The van der Waals surface area contributed by atoms with Crippen LogP contribution < -0.4 is 10.6 Å². The van der Waals surface area contributed by atoms with Gasteiger partial charge in [-0.25, -0.2) is 4.39 Å². The third-order valence-electron chi connectivity index (χ3n) is 4.03. The lowest BCUT2D eigenvalue weighted by atomic mass is 10.1. The van der Waals surface area contributed by atoms with Gasteiger partial charge in [-0.15, -0.1) is 11.8 Å². The van der Waals surface area contributed by atoms with Gasteiger partial charge in [0.25, 0.3) is 0 Å². The molecule has 0 aliphatic rings. The number of hydrogen-bond donors (Lipinski definition) is 2. The molecule has 0 heterocycles. The van der Waals surface area contributed by atoms with Gasteiger partial charge in [0.1, 0.15) is 5.82 Å². The average Bonchev–Trinajstić information content (AvgIpc) is 2.64. The molecule has 2 rings (SSSR count). The number of carbonyl (C=O) groups excluding carboxylic acids is 2. The molecule has 2 atom stereocenters. The van der Waals surface area contributed by atoms with Gasteiger partial charge >= 0.3 is 0 Å². The molecule has 150 valence electrons. The Morgan fingerprint density at radius 2 is 1.75 bits per heavy atom. The van der Waals surface area contributed by atoms with E-state index in [0.717, 1.165) is 5.56 Å². The Balaban J connectivity index is 1.86. The molecular formula is C20H21Cl2FN2O2S. The molecule has 2 N–H and O–H groups in total. The second kappa shape index (κ2) is 10.1. The Labute approximate surface area is 178 Å². The maximum atomic E-state index is 13.7. The van der Waals surface area contributed by atoms with Crippen molar-refractivity contribution in [2.75, 3.05) is 11.1 Å². The Hall–Kier alpha value is -1.76. The van der Waals surface area contributed by atoms with E-state index in [1.54, 1.807) is 13.8 Å². The first-order chi connectivity index (χ1) is 13.2. The summed E-state index contributed by atoms with van der Waals surface area (Å²) in [5.74, 6) is -0.929. The van der Waals surface area contributed by atoms with E-state index in [-0.39, 0.29) is 27.6 Å². The van der Waals surface area contributed by atoms with E-state index >= 15 is 0 Å². The summed E-state index contributed by atoms with van der Waals surface area (Å²) in [6.45, 7) is 5.37. The number of aryl methyl sites for hydroxylation is 1. The summed E-state index contributed by atoms with van der Waals surface area (Å²) >= 11 is 13.0. The number of nitrogens with one attached hydrogen (secondary N) is 2. The van der Waals surface area contributed by atoms with Crippen molar-refractivity contribution in [1.82, 2.24) is 5.32 Å². The summed E-state index contributed by atoms with van der Waals surface area (Å²) < 4.78 is 13.7. The highest BCUT2D eigenvalue weighted by Crippen LogP contribution is 2.29. The number of thioether (sulfide) groups is 1. The van der Waals surface area contributed by atoms with Crippen LogP contribution in [0.1, 0.15) is 31.0 Å². The molecule has 2 amide bonds. The molecular weight excluding hydrogens is 422 g/mol. The molecule has 28 heavy (non-hydrogen) atoms. The molecule has 0 saturated carbocycles. The lowest BCUT2D eigenvalue weighted by Gasteiger charge is -2.19. The number of anilines is 1. The van der Waals surface area contributed by atoms with Crippen LogP contribution >= 0.6 is 35.0 Å². The van der Waals surface area contributed by atoms with Gasteiger partial charge in [-0.2, -0.15) is 0 Å². The van der Waals surface area contributed by atoms with Crippen LogP contribution in [0.2, 0.25) is 10.0 Å². The number of rotatable bonds is 7. The molecule has 0 bridgehead atoms. The van der Waals surface area contributed by atoms with E-state index < -0.39 is 17.1 Å². The molecule has 8 heteroatoms. The third-order valence-corrected chi connectivity index (χ3v) is 5.79. The maximum Gasteiger partial charge on any atom is 0.234 e. The molecule has 0 radical (unpaired) electrons. The summed E-state index contributed by atoms with van der Waals surface area (Å²) in [4.78, 5) is 24.4. The van der Waals surface area contributed by atoms with Crippen LogP contribution in [0.25, 0.3) is 0 Å². The highest BCUT2D eigenvalue weighted by atomic mass is 35.5. The van der Waals surface area contributed by atoms with E-state index in [0.29, 0.717) is 11.3 Å². The van der Waals surface area contributed by atoms with Gasteiger partial charge in [-0.1, -0.05) is 40.9 Å². The summed E-state index contributed by atoms with van der Waals surface area (Å²) in [7, 11) is 0. The number of hydrogen-bond acceptors (Lipinski definition) is 3. The predicted molar refractivity (Wildman–Crippen MR) is 115 cm³/mol. The first-order valence-electron chi connectivity index (χ1n) is 8.60. The number of carbonyl (C=O) groups is 2. The molecule has 0 aliphatic carbocycles. The molecule has 0 saturated heterocycles. The average molecular weight is 443 g/mol. The van der Waals surface area contributed by atoms with Gasteiger partial charge in [0, 0.05) is 10.7 Å². The summed E-state index contributed by atoms with van der Waals surface area (Å²) in [5.41, 5.74) is 2.25. The smallest absolute Gasteiger partial charge is 0.234 e. The van der Waals surface area contributed by atoms with Crippen molar-refractivity contribution in [1.29, 1.82) is 0 Å². The van der Waals surface area contributed by atoms with Crippen molar-refractivity contribution in [3.05, 3.63) is 63.4 Å². The van der Waals surface area contributed by atoms with Crippen molar-refractivity contribution in [3.8, 4) is 0 Å². The second-order valence-corrected chi connectivity index (χ2v) is 8.53. The van der Waals surface area contributed by atoms with Gasteiger partial charge in [0.15, 0.2) is 0 Å². The third kappa shape index (κ3) is 6.40. The van der Waals surface area contributed by atoms with Crippen LogP contribution in [0.4, 0.5) is 10.1 Å². The minimum Gasteiger partial charge on any atom is -0.349 e. The Bertz CT molecular complexity index is 862. The molecule has 0 aliphatic heterocycles. The van der Waals surface area contributed by atoms with Gasteiger partial charge in [-0.3, -0.25) is 9.59 Å². The standard InChI is InChI=1S/C20H21Cl2FN2O2S/c1-11-4-6-14(7-5-11)25-19(26)10-28-13(3)20(27)24-12(2)15-8-18(23)17(22)9-16(15)21/h4-9,12-13H,10H2,1-3H3,(H,24,27)(H,25,26). The first kappa shape index (κ1) is 22.5. The number of halogens is 3. The summed E-state index contributed by atoms with van der Waals surface area (Å²) in [6.07, 6.45) is 0. The molecule has 0 aromatic heterocycles. The fourth-order valence-electron chi connectivity index (χ4n) is 2.39. The van der Waals surface area contributed by atoms with Gasteiger partial charge in [0.05, 0.1) is 22.1 Å². The van der Waals surface area contributed by atoms with E-state index in [4.69, 9.17) is 23.2 Å². The number of benzene rings is 2. The van der Waals surface area contributed by atoms with Crippen LogP contribution in [-0.2, 0) is 9.59 Å². The zero-order valence-electron chi connectivity index (χ0n) is 15.7. The second-order valence-electron chi connectivity index (χ2n) is 6.39. The van der Waals surface area contributed by atoms with Crippen molar-refractivity contribution in [2.45, 2.75) is 32.1 Å². The molecule has 2 aromatic carbocycles. The monoisotopic (exact) mass is 442 g/mol. The minimum atomic E-state index is -0.600. The zero-order chi connectivity index (χ0) is 20.8.